The lowest BCUT2D eigenvalue weighted by atomic mass is 10.1. The number of carbonyl (C=O) groups is 2. The number of primary amides is 1. The molecule has 0 aromatic carbocycles. The molecule has 3 amide bonds. The first-order chi connectivity index (χ1) is 16.2. The summed E-state index contributed by atoms with van der Waals surface area (Å²) in [6, 6.07) is 5.68. The van der Waals surface area contributed by atoms with Crippen molar-refractivity contribution in [3.63, 3.8) is 0 Å². The molecule has 2 fully saturated rings. The summed E-state index contributed by atoms with van der Waals surface area (Å²) >= 11 is 0. The minimum absolute atomic E-state index is 0.000705. The van der Waals surface area contributed by atoms with E-state index < -0.39 is 17.6 Å². The highest BCUT2D eigenvalue weighted by Crippen LogP contribution is 2.29. The van der Waals surface area contributed by atoms with Crippen LogP contribution < -0.4 is 20.9 Å². The second-order valence-electron chi connectivity index (χ2n) is 8.36. The molecule has 12 heteroatoms. The van der Waals surface area contributed by atoms with E-state index in [2.05, 4.69) is 15.3 Å². The predicted molar refractivity (Wildman–Crippen MR) is 120 cm³/mol. The minimum atomic E-state index is -4.40. The maximum Gasteiger partial charge on any atom is 0.417 e. The largest absolute Gasteiger partial charge is 0.417 e. The van der Waals surface area contributed by atoms with Gasteiger partial charge in [0.2, 0.25) is 5.91 Å². The lowest BCUT2D eigenvalue weighted by molar-refractivity contribution is -0.137. The van der Waals surface area contributed by atoms with Crippen LogP contribution in [0.1, 0.15) is 28.8 Å². The van der Waals surface area contributed by atoms with Crippen LogP contribution in [0.25, 0.3) is 0 Å². The number of anilines is 2. The molecular weight excluding hydrogens is 451 g/mol. The lowest BCUT2D eigenvalue weighted by Gasteiger charge is -2.37. The van der Waals surface area contributed by atoms with Gasteiger partial charge in [0.05, 0.1) is 11.1 Å². The van der Waals surface area contributed by atoms with Crippen molar-refractivity contribution in [1.82, 2.24) is 20.2 Å². The molecule has 34 heavy (non-hydrogen) atoms. The molecule has 0 unspecified atom stereocenters. The molecule has 2 saturated heterocycles. The van der Waals surface area contributed by atoms with Crippen LogP contribution in [0.5, 0.6) is 0 Å². The number of amides is 3. The zero-order valence-electron chi connectivity index (χ0n) is 18.5. The number of halogens is 3. The molecule has 182 valence electrons. The number of pyridine rings is 2. The van der Waals surface area contributed by atoms with Crippen LogP contribution in [0.4, 0.5) is 29.6 Å². The zero-order valence-corrected chi connectivity index (χ0v) is 18.5. The third kappa shape index (κ3) is 5.49. The Kier molecular flexibility index (Phi) is 6.75. The first kappa shape index (κ1) is 23.6. The number of aromatic nitrogens is 2. The minimum Gasteiger partial charge on any atom is -0.366 e. The van der Waals surface area contributed by atoms with Crippen LogP contribution >= 0.6 is 0 Å². The number of piperidine rings is 1. The molecule has 0 atom stereocenters. The van der Waals surface area contributed by atoms with Gasteiger partial charge in [0.25, 0.3) is 0 Å². The molecule has 0 spiro atoms. The number of hydrogen-bond acceptors (Lipinski definition) is 6. The maximum atomic E-state index is 12.7. The zero-order chi connectivity index (χ0) is 24.3. The number of alkyl halides is 3. The quantitative estimate of drug-likeness (QED) is 0.699. The van der Waals surface area contributed by atoms with E-state index in [9.17, 15) is 22.8 Å². The Hall–Kier alpha value is -3.57. The maximum absolute atomic E-state index is 12.7. The van der Waals surface area contributed by atoms with Gasteiger partial charge < -0.3 is 25.8 Å². The summed E-state index contributed by atoms with van der Waals surface area (Å²) < 4.78 is 38.2. The summed E-state index contributed by atoms with van der Waals surface area (Å²) in [7, 11) is 0. The number of urea groups is 1. The van der Waals surface area contributed by atoms with Crippen molar-refractivity contribution < 1.29 is 22.8 Å². The van der Waals surface area contributed by atoms with Crippen LogP contribution in [0.2, 0.25) is 0 Å². The van der Waals surface area contributed by atoms with Crippen molar-refractivity contribution >= 4 is 23.6 Å². The van der Waals surface area contributed by atoms with E-state index in [-0.39, 0.29) is 12.1 Å². The first-order valence-corrected chi connectivity index (χ1v) is 11.0. The first-order valence-electron chi connectivity index (χ1n) is 11.0. The molecule has 2 aliphatic rings. The van der Waals surface area contributed by atoms with E-state index in [1.807, 2.05) is 9.80 Å². The van der Waals surface area contributed by atoms with Crippen molar-refractivity contribution in [2.75, 3.05) is 49.1 Å². The Bertz CT molecular complexity index is 999. The molecule has 2 aliphatic heterocycles. The SMILES string of the molecule is NC(=O)c1ccc(N2CCN(C(=O)NC3CCN(c4ccc(C(F)(F)F)cn4)CC3)CC2)nc1. The van der Waals surface area contributed by atoms with Crippen LogP contribution in [0.15, 0.2) is 36.7 Å². The van der Waals surface area contributed by atoms with Gasteiger partial charge in [0.1, 0.15) is 11.6 Å². The smallest absolute Gasteiger partial charge is 0.366 e. The van der Waals surface area contributed by atoms with E-state index >= 15 is 0 Å². The number of piperazine rings is 1. The third-order valence-corrected chi connectivity index (χ3v) is 6.15. The fraction of sp³-hybridized carbons (Fsp3) is 0.455. The van der Waals surface area contributed by atoms with Crippen LogP contribution in [0, 0.1) is 0 Å². The molecule has 3 N–H and O–H groups in total. The molecule has 0 bridgehead atoms. The standard InChI is InChI=1S/C22H26F3N7O2/c23-22(24,25)16-2-4-19(28-14-16)30-7-5-17(6-8-30)29-21(34)32-11-9-31(10-12-32)18-3-1-15(13-27-18)20(26)33/h1-4,13-14,17H,5-12H2,(H2,26,33)(H,29,34). The molecule has 2 aromatic heterocycles. The fourth-order valence-electron chi connectivity index (χ4n) is 4.12. The summed E-state index contributed by atoms with van der Waals surface area (Å²) in [5.41, 5.74) is 4.82. The molecule has 0 saturated carbocycles. The van der Waals surface area contributed by atoms with E-state index in [1.54, 1.807) is 17.0 Å². The second kappa shape index (κ2) is 9.74. The Morgan fingerprint density at radius 1 is 0.882 bits per heavy atom. The monoisotopic (exact) mass is 477 g/mol. The van der Waals surface area contributed by atoms with Gasteiger partial charge in [-0.15, -0.1) is 0 Å². The van der Waals surface area contributed by atoms with E-state index in [4.69, 9.17) is 5.73 Å². The summed E-state index contributed by atoms with van der Waals surface area (Å²) in [5.74, 6) is 0.711. The molecule has 0 aliphatic carbocycles. The Morgan fingerprint density at radius 3 is 1.97 bits per heavy atom. The summed E-state index contributed by atoms with van der Waals surface area (Å²) in [6.07, 6.45) is -0.733. The van der Waals surface area contributed by atoms with Crippen molar-refractivity contribution in [1.29, 1.82) is 0 Å². The molecule has 4 heterocycles. The normalized spacial score (nSPS) is 17.6. The highest BCUT2D eigenvalue weighted by molar-refractivity contribution is 5.92. The lowest BCUT2D eigenvalue weighted by Crippen LogP contribution is -2.55. The summed E-state index contributed by atoms with van der Waals surface area (Å²) in [5, 5.41) is 3.07. The molecule has 4 rings (SSSR count). The number of rotatable bonds is 4. The fourth-order valence-corrected chi connectivity index (χ4v) is 4.12. The number of carbonyl (C=O) groups excluding carboxylic acids is 2. The van der Waals surface area contributed by atoms with Crippen molar-refractivity contribution in [3.05, 3.63) is 47.8 Å². The predicted octanol–water partition coefficient (Wildman–Crippen LogP) is 2.09. The molecule has 0 radical (unpaired) electrons. The topological polar surface area (TPSA) is 108 Å². The number of nitrogens with zero attached hydrogens (tertiary/aromatic N) is 5. The van der Waals surface area contributed by atoms with E-state index in [1.165, 1.54) is 12.3 Å². The number of nitrogens with one attached hydrogen (secondary N) is 1. The second-order valence-corrected chi connectivity index (χ2v) is 8.36. The van der Waals surface area contributed by atoms with Crippen molar-refractivity contribution in [3.8, 4) is 0 Å². The highest BCUT2D eigenvalue weighted by atomic mass is 19.4. The van der Waals surface area contributed by atoms with E-state index in [0.29, 0.717) is 63.5 Å². The van der Waals surface area contributed by atoms with Gasteiger partial charge in [-0.25, -0.2) is 14.8 Å². The Balaban J connectivity index is 1.22. The van der Waals surface area contributed by atoms with Crippen molar-refractivity contribution in [2.45, 2.75) is 25.1 Å². The highest BCUT2D eigenvalue weighted by Gasteiger charge is 2.31. The third-order valence-electron chi connectivity index (χ3n) is 6.15. The van der Waals surface area contributed by atoms with Gasteiger partial charge in [0.15, 0.2) is 0 Å². The van der Waals surface area contributed by atoms with Gasteiger partial charge >= 0.3 is 12.2 Å². The summed E-state index contributed by atoms with van der Waals surface area (Å²) in [4.78, 5) is 37.9. The van der Waals surface area contributed by atoms with Gasteiger partial charge in [-0.1, -0.05) is 0 Å². The molecule has 2 aromatic rings. The average molecular weight is 477 g/mol. The van der Waals surface area contributed by atoms with Gasteiger partial charge in [-0.3, -0.25) is 4.79 Å². The Morgan fingerprint density at radius 2 is 1.47 bits per heavy atom. The molecular formula is C22H26F3N7O2. The van der Waals surface area contributed by atoms with Crippen molar-refractivity contribution in [2.24, 2.45) is 5.73 Å². The Labute approximate surface area is 194 Å². The van der Waals surface area contributed by atoms with Crippen LogP contribution in [0.3, 0.4) is 0 Å². The van der Waals surface area contributed by atoms with Gasteiger partial charge in [-0.2, -0.15) is 13.2 Å². The molecule has 9 nitrogen and oxygen atoms in total. The number of hydrogen-bond donors (Lipinski definition) is 2. The average Bonchev–Trinajstić information content (AvgIpc) is 2.84. The summed E-state index contributed by atoms with van der Waals surface area (Å²) in [6.45, 7) is 3.52. The van der Waals surface area contributed by atoms with Gasteiger partial charge in [-0.05, 0) is 37.1 Å². The van der Waals surface area contributed by atoms with Crippen LogP contribution in [-0.2, 0) is 6.18 Å². The van der Waals surface area contributed by atoms with Gasteiger partial charge in [0, 0.05) is 57.7 Å². The number of nitrogens with two attached hydrogens (primary N) is 1. The van der Waals surface area contributed by atoms with Crippen LogP contribution in [-0.4, -0.2) is 72.1 Å². The van der Waals surface area contributed by atoms with E-state index in [0.717, 1.165) is 18.1 Å².